The minimum Gasteiger partial charge on any atom is -0.448 e. The lowest BCUT2D eigenvalue weighted by Crippen LogP contribution is -2.30. The summed E-state index contributed by atoms with van der Waals surface area (Å²) in [4.78, 5) is 12.6. The van der Waals surface area contributed by atoms with Crippen LogP contribution in [0.3, 0.4) is 0 Å². The summed E-state index contributed by atoms with van der Waals surface area (Å²) in [5.74, 6) is -0.0635. The van der Waals surface area contributed by atoms with E-state index in [1.54, 1.807) is 12.2 Å². The molecule has 5 nitrogen and oxygen atoms in total. The zero-order chi connectivity index (χ0) is 14.4. The van der Waals surface area contributed by atoms with Crippen LogP contribution in [0.5, 0.6) is 0 Å². The van der Waals surface area contributed by atoms with Crippen molar-refractivity contribution >= 4 is 22.0 Å². The predicted molar refractivity (Wildman–Crippen MR) is 77.1 cm³/mol. The first-order chi connectivity index (χ1) is 9.57. The summed E-state index contributed by atoms with van der Waals surface area (Å²) in [5.41, 5.74) is 0.964. The molecule has 1 heterocycles. The molecule has 1 fully saturated rings. The molecule has 0 atom stereocenters. The van der Waals surface area contributed by atoms with E-state index in [1.165, 1.54) is 4.90 Å². The normalized spacial score (nSPS) is 15.8. The molecule has 1 amide bonds. The van der Waals surface area contributed by atoms with E-state index >= 15 is 0 Å². The number of benzene rings is 1. The Labute approximate surface area is 118 Å². The summed E-state index contributed by atoms with van der Waals surface area (Å²) in [5, 5.41) is 0. The maximum Gasteiger partial charge on any atom is 0.409 e. The van der Waals surface area contributed by atoms with Crippen molar-refractivity contribution in [2.24, 2.45) is 0 Å². The molecule has 1 aliphatic rings. The van der Waals surface area contributed by atoms with E-state index in [4.69, 9.17) is 4.74 Å². The van der Waals surface area contributed by atoms with Gasteiger partial charge in [-0.2, -0.15) is 0 Å². The second kappa shape index (κ2) is 6.56. The summed E-state index contributed by atoms with van der Waals surface area (Å²) in [6.07, 6.45) is 2.98. The van der Waals surface area contributed by atoms with Crippen LogP contribution >= 0.6 is 0 Å². The van der Waals surface area contributed by atoms with E-state index in [-0.39, 0.29) is 18.1 Å². The van der Waals surface area contributed by atoms with Gasteiger partial charge in [0.05, 0.1) is 18.1 Å². The summed E-state index contributed by atoms with van der Waals surface area (Å²) in [7, 11) is -3.20. The fourth-order valence-corrected chi connectivity index (χ4v) is 2.91. The third-order valence-corrected chi connectivity index (χ3v) is 4.48. The van der Waals surface area contributed by atoms with Gasteiger partial charge in [-0.1, -0.05) is 42.5 Å². The smallest absolute Gasteiger partial charge is 0.409 e. The van der Waals surface area contributed by atoms with Crippen molar-refractivity contribution in [1.82, 2.24) is 4.90 Å². The van der Waals surface area contributed by atoms with Crippen LogP contribution < -0.4 is 0 Å². The molecule has 6 heteroatoms. The maximum atomic E-state index is 11.9. The van der Waals surface area contributed by atoms with Crippen LogP contribution in [-0.2, 0) is 14.6 Å². The fraction of sp³-hybridized carbons (Fsp3) is 0.357. The van der Waals surface area contributed by atoms with Gasteiger partial charge in [0.1, 0.15) is 6.61 Å². The molecule has 0 bridgehead atoms. The quantitative estimate of drug-likeness (QED) is 0.799. The Morgan fingerprint density at radius 3 is 2.65 bits per heavy atom. The third kappa shape index (κ3) is 4.38. The molecular weight excluding hydrogens is 278 g/mol. The van der Waals surface area contributed by atoms with Gasteiger partial charge in [-0.25, -0.2) is 13.2 Å². The monoisotopic (exact) mass is 295 g/mol. The van der Waals surface area contributed by atoms with Gasteiger partial charge in [0, 0.05) is 6.54 Å². The van der Waals surface area contributed by atoms with Crippen molar-refractivity contribution in [2.45, 2.75) is 0 Å². The first-order valence-corrected chi connectivity index (χ1v) is 8.23. The Bertz CT molecular complexity index is 580. The van der Waals surface area contributed by atoms with Gasteiger partial charge in [0.25, 0.3) is 0 Å². The van der Waals surface area contributed by atoms with E-state index in [1.807, 2.05) is 30.3 Å². The molecule has 0 spiro atoms. The van der Waals surface area contributed by atoms with Crippen LogP contribution in [0.4, 0.5) is 4.79 Å². The van der Waals surface area contributed by atoms with E-state index in [0.29, 0.717) is 13.2 Å². The van der Waals surface area contributed by atoms with Crippen molar-refractivity contribution in [2.75, 3.05) is 31.2 Å². The molecule has 20 heavy (non-hydrogen) atoms. The Kier molecular flexibility index (Phi) is 4.79. The summed E-state index contributed by atoms with van der Waals surface area (Å²) < 4.78 is 28.5. The van der Waals surface area contributed by atoms with Crippen molar-refractivity contribution in [1.29, 1.82) is 0 Å². The first kappa shape index (κ1) is 14.6. The van der Waals surface area contributed by atoms with E-state index in [0.717, 1.165) is 5.56 Å². The number of hydrogen-bond donors (Lipinski definition) is 0. The Hall–Kier alpha value is -1.82. The molecule has 0 radical (unpaired) electrons. The summed E-state index contributed by atoms with van der Waals surface area (Å²) in [6.45, 7) is 1.00. The minimum atomic E-state index is -3.20. The van der Waals surface area contributed by atoms with Crippen LogP contribution in [-0.4, -0.2) is 50.6 Å². The van der Waals surface area contributed by atoms with Gasteiger partial charge < -0.3 is 9.64 Å². The predicted octanol–water partition coefficient (Wildman–Crippen LogP) is 1.57. The molecule has 0 aliphatic carbocycles. The average Bonchev–Trinajstić information content (AvgIpc) is 2.83. The van der Waals surface area contributed by atoms with Crippen molar-refractivity contribution in [3.63, 3.8) is 0 Å². The Morgan fingerprint density at radius 2 is 2.00 bits per heavy atom. The summed E-state index contributed by atoms with van der Waals surface area (Å²) in [6, 6.07) is 9.51. The Balaban J connectivity index is 1.82. The lowest BCUT2D eigenvalue weighted by molar-refractivity contribution is 0.160. The molecule has 1 aromatic carbocycles. The number of amides is 1. The number of carbonyl (C=O) groups is 1. The zero-order valence-corrected chi connectivity index (χ0v) is 11.9. The van der Waals surface area contributed by atoms with Crippen LogP contribution in [0, 0.1) is 0 Å². The van der Waals surface area contributed by atoms with Gasteiger partial charge in [0.15, 0.2) is 9.84 Å². The Morgan fingerprint density at radius 1 is 1.25 bits per heavy atom. The van der Waals surface area contributed by atoms with Crippen LogP contribution in [0.25, 0.3) is 6.08 Å². The molecule has 1 aromatic rings. The number of cyclic esters (lactones) is 1. The summed E-state index contributed by atoms with van der Waals surface area (Å²) >= 11 is 0. The first-order valence-electron chi connectivity index (χ1n) is 6.40. The molecule has 1 saturated heterocycles. The van der Waals surface area contributed by atoms with Crippen LogP contribution in [0.15, 0.2) is 36.4 Å². The molecule has 2 rings (SSSR count). The highest BCUT2D eigenvalue weighted by Crippen LogP contribution is 2.05. The number of carbonyl (C=O) groups excluding carboxylic acids is 1. The average molecular weight is 295 g/mol. The lowest BCUT2D eigenvalue weighted by atomic mass is 10.2. The van der Waals surface area contributed by atoms with Gasteiger partial charge in [-0.15, -0.1) is 0 Å². The number of hydrogen-bond acceptors (Lipinski definition) is 4. The van der Waals surface area contributed by atoms with Crippen molar-refractivity contribution in [3.05, 3.63) is 42.0 Å². The van der Waals surface area contributed by atoms with E-state index < -0.39 is 15.9 Å². The largest absolute Gasteiger partial charge is 0.448 e. The molecule has 0 saturated carbocycles. The fourth-order valence-electron chi connectivity index (χ4n) is 1.86. The standard InChI is InChI=1S/C14H17NO4S/c16-14-15(8-10-19-14)9-12-20(17,18)11-4-7-13-5-2-1-3-6-13/h1-7H,8-12H2. The third-order valence-electron chi connectivity index (χ3n) is 2.98. The van der Waals surface area contributed by atoms with Crippen LogP contribution in [0.2, 0.25) is 0 Å². The zero-order valence-electron chi connectivity index (χ0n) is 11.1. The molecule has 0 aromatic heterocycles. The molecule has 0 unspecified atom stereocenters. The molecule has 0 N–H and O–H groups in total. The topological polar surface area (TPSA) is 63.7 Å². The highest BCUT2D eigenvalue weighted by atomic mass is 32.2. The van der Waals surface area contributed by atoms with E-state index in [2.05, 4.69) is 0 Å². The minimum absolute atomic E-state index is 0.0230. The second-order valence-electron chi connectivity index (χ2n) is 4.53. The molecule has 1 aliphatic heterocycles. The number of nitrogens with zero attached hydrogens (tertiary/aromatic N) is 1. The van der Waals surface area contributed by atoms with Crippen molar-refractivity contribution in [3.8, 4) is 0 Å². The second-order valence-corrected chi connectivity index (χ2v) is 6.76. The SMILES string of the molecule is O=C1OCCN1CCS(=O)(=O)CC=Cc1ccccc1. The van der Waals surface area contributed by atoms with Gasteiger partial charge in [0.2, 0.25) is 0 Å². The molecular formula is C14H17NO4S. The number of sulfone groups is 1. The lowest BCUT2D eigenvalue weighted by Gasteiger charge is -2.11. The highest BCUT2D eigenvalue weighted by Gasteiger charge is 2.23. The van der Waals surface area contributed by atoms with Gasteiger partial charge in [-0.3, -0.25) is 0 Å². The van der Waals surface area contributed by atoms with E-state index in [9.17, 15) is 13.2 Å². The number of ether oxygens (including phenoxy) is 1. The number of rotatable bonds is 6. The van der Waals surface area contributed by atoms with Crippen LogP contribution in [0.1, 0.15) is 5.56 Å². The molecule has 108 valence electrons. The maximum absolute atomic E-state index is 11.9. The van der Waals surface area contributed by atoms with Gasteiger partial charge >= 0.3 is 6.09 Å². The van der Waals surface area contributed by atoms with Gasteiger partial charge in [-0.05, 0) is 5.56 Å². The highest BCUT2D eigenvalue weighted by molar-refractivity contribution is 7.91. The van der Waals surface area contributed by atoms with Crippen molar-refractivity contribution < 1.29 is 17.9 Å².